The molecule has 1 unspecified atom stereocenters. The van der Waals surface area contributed by atoms with E-state index in [1.807, 2.05) is 26.0 Å². The SMILES string of the molecule is CNc1ncc(F)c(NC(C)c2ccc(C)s2)n1. The summed E-state index contributed by atoms with van der Waals surface area (Å²) in [6.07, 6.45) is 1.16. The number of halogens is 1. The average molecular weight is 266 g/mol. The highest BCUT2D eigenvalue weighted by atomic mass is 32.1. The first-order valence-electron chi connectivity index (χ1n) is 5.63. The predicted octanol–water partition coefficient (Wildman–Crippen LogP) is 3.20. The molecule has 96 valence electrons. The number of nitrogens with one attached hydrogen (secondary N) is 2. The summed E-state index contributed by atoms with van der Waals surface area (Å²) in [5, 5.41) is 5.84. The molecule has 0 bridgehead atoms. The van der Waals surface area contributed by atoms with Crippen molar-refractivity contribution < 1.29 is 4.39 Å². The number of anilines is 2. The summed E-state index contributed by atoms with van der Waals surface area (Å²) in [7, 11) is 1.70. The third-order valence-corrected chi connectivity index (χ3v) is 3.69. The van der Waals surface area contributed by atoms with Crippen molar-refractivity contribution >= 4 is 23.1 Å². The lowest BCUT2D eigenvalue weighted by Crippen LogP contribution is -2.10. The summed E-state index contributed by atoms with van der Waals surface area (Å²) in [6, 6.07) is 4.10. The number of thiophene rings is 1. The maximum atomic E-state index is 13.6. The van der Waals surface area contributed by atoms with Gasteiger partial charge >= 0.3 is 0 Å². The summed E-state index contributed by atoms with van der Waals surface area (Å²) in [5.41, 5.74) is 0. The third-order valence-electron chi connectivity index (χ3n) is 2.51. The highest BCUT2D eigenvalue weighted by molar-refractivity contribution is 7.12. The molecule has 0 saturated heterocycles. The van der Waals surface area contributed by atoms with E-state index < -0.39 is 5.82 Å². The Kier molecular flexibility index (Phi) is 3.76. The van der Waals surface area contributed by atoms with E-state index in [4.69, 9.17) is 0 Å². The molecule has 0 amide bonds. The van der Waals surface area contributed by atoms with Crippen molar-refractivity contribution in [3.05, 3.63) is 33.9 Å². The van der Waals surface area contributed by atoms with Gasteiger partial charge in [0.05, 0.1) is 12.2 Å². The fourth-order valence-corrected chi connectivity index (χ4v) is 2.43. The molecular weight excluding hydrogens is 251 g/mol. The van der Waals surface area contributed by atoms with Crippen LogP contribution >= 0.6 is 11.3 Å². The largest absolute Gasteiger partial charge is 0.360 e. The van der Waals surface area contributed by atoms with Gasteiger partial charge in [-0.3, -0.25) is 0 Å². The van der Waals surface area contributed by atoms with Crippen molar-refractivity contribution in [3.8, 4) is 0 Å². The first-order chi connectivity index (χ1) is 8.60. The highest BCUT2D eigenvalue weighted by Gasteiger charge is 2.12. The van der Waals surface area contributed by atoms with E-state index >= 15 is 0 Å². The molecule has 0 aliphatic heterocycles. The van der Waals surface area contributed by atoms with Crippen LogP contribution < -0.4 is 10.6 Å². The Morgan fingerprint density at radius 3 is 2.78 bits per heavy atom. The van der Waals surface area contributed by atoms with Crippen LogP contribution in [0.4, 0.5) is 16.2 Å². The van der Waals surface area contributed by atoms with Crippen LogP contribution in [0.25, 0.3) is 0 Å². The van der Waals surface area contributed by atoms with Crippen LogP contribution in [-0.2, 0) is 0 Å². The molecule has 6 heteroatoms. The van der Waals surface area contributed by atoms with E-state index in [-0.39, 0.29) is 11.9 Å². The average Bonchev–Trinajstić information content (AvgIpc) is 2.79. The molecule has 2 rings (SSSR count). The molecule has 0 aliphatic carbocycles. The topological polar surface area (TPSA) is 49.8 Å². The van der Waals surface area contributed by atoms with Gasteiger partial charge in [-0.25, -0.2) is 9.37 Å². The predicted molar refractivity (Wildman–Crippen MR) is 72.6 cm³/mol. The van der Waals surface area contributed by atoms with Gasteiger partial charge in [-0.1, -0.05) is 0 Å². The molecule has 0 saturated carbocycles. The van der Waals surface area contributed by atoms with E-state index in [2.05, 4.69) is 20.6 Å². The van der Waals surface area contributed by atoms with Crippen molar-refractivity contribution in [2.24, 2.45) is 0 Å². The zero-order valence-corrected chi connectivity index (χ0v) is 11.3. The quantitative estimate of drug-likeness (QED) is 0.892. The van der Waals surface area contributed by atoms with Gasteiger partial charge in [0.2, 0.25) is 5.95 Å². The highest BCUT2D eigenvalue weighted by Crippen LogP contribution is 2.26. The Morgan fingerprint density at radius 1 is 1.39 bits per heavy atom. The van der Waals surface area contributed by atoms with E-state index in [1.165, 1.54) is 4.88 Å². The summed E-state index contributed by atoms with van der Waals surface area (Å²) in [4.78, 5) is 10.2. The molecule has 0 spiro atoms. The van der Waals surface area contributed by atoms with Crippen LogP contribution in [-0.4, -0.2) is 17.0 Å². The lowest BCUT2D eigenvalue weighted by Gasteiger charge is -2.13. The molecule has 18 heavy (non-hydrogen) atoms. The number of nitrogens with zero attached hydrogens (tertiary/aromatic N) is 2. The lowest BCUT2D eigenvalue weighted by atomic mass is 10.2. The molecule has 2 heterocycles. The van der Waals surface area contributed by atoms with Gasteiger partial charge in [0, 0.05) is 16.8 Å². The monoisotopic (exact) mass is 266 g/mol. The molecule has 2 N–H and O–H groups in total. The summed E-state index contributed by atoms with van der Waals surface area (Å²) < 4.78 is 13.6. The molecule has 0 aliphatic rings. The fourth-order valence-electron chi connectivity index (χ4n) is 1.55. The van der Waals surface area contributed by atoms with Crippen LogP contribution in [0, 0.1) is 12.7 Å². The van der Waals surface area contributed by atoms with Crippen LogP contribution in [0.15, 0.2) is 18.3 Å². The van der Waals surface area contributed by atoms with E-state index in [9.17, 15) is 4.39 Å². The number of rotatable bonds is 4. The first-order valence-corrected chi connectivity index (χ1v) is 6.45. The molecule has 4 nitrogen and oxygen atoms in total. The third kappa shape index (κ3) is 2.76. The smallest absolute Gasteiger partial charge is 0.224 e. The van der Waals surface area contributed by atoms with Gasteiger partial charge in [0.1, 0.15) is 0 Å². The second-order valence-corrected chi connectivity index (χ2v) is 5.27. The number of hydrogen-bond acceptors (Lipinski definition) is 5. The van der Waals surface area contributed by atoms with Crippen molar-refractivity contribution in [3.63, 3.8) is 0 Å². The standard InChI is InChI=1S/C12H15FN4S/c1-7-4-5-10(18-7)8(2)16-11-9(13)6-15-12(14-3)17-11/h4-6,8H,1-3H3,(H2,14,15,16,17). The Labute approximate surface area is 109 Å². The van der Waals surface area contributed by atoms with Gasteiger partial charge in [-0.2, -0.15) is 4.98 Å². The minimum absolute atomic E-state index is 0.0119. The van der Waals surface area contributed by atoms with E-state index in [1.54, 1.807) is 18.4 Å². The van der Waals surface area contributed by atoms with Crippen LogP contribution in [0.1, 0.15) is 22.7 Å². The molecular formula is C12H15FN4S. The second kappa shape index (κ2) is 5.30. The molecule has 2 aromatic rings. The van der Waals surface area contributed by atoms with Crippen LogP contribution in [0.5, 0.6) is 0 Å². The zero-order chi connectivity index (χ0) is 13.1. The molecule has 0 radical (unpaired) electrons. The maximum Gasteiger partial charge on any atom is 0.224 e. The van der Waals surface area contributed by atoms with Gasteiger partial charge in [-0.05, 0) is 26.0 Å². The maximum absolute atomic E-state index is 13.6. The summed E-state index contributed by atoms with van der Waals surface area (Å²) in [5.74, 6) is 0.162. The lowest BCUT2D eigenvalue weighted by molar-refractivity contribution is 0.614. The van der Waals surface area contributed by atoms with E-state index in [0.29, 0.717) is 5.95 Å². The molecule has 0 fully saturated rings. The summed E-state index contributed by atoms with van der Waals surface area (Å²) in [6.45, 7) is 4.02. The van der Waals surface area contributed by atoms with Crippen molar-refractivity contribution in [1.29, 1.82) is 0 Å². The Balaban J connectivity index is 2.18. The Morgan fingerprint density at radius 2 is 2.17 bits per heavy atom. The van der Waals surface area contributed by atoms with Gasteiger partial charge < -0.3 is 10.6 Å². The normalized spacial score (nSPS) is 12.2. The van der Waals surface area contributed by atoms with Gasteiger partial charge in [0.25, 0.3) is 0 Å². The van der Waals surface area contributed by atoms with Gasteiger partial charge in [-0.15, -0.1) is 11.3 Å². The van der Waals surface area contributed by atoms with Crippen molar-refractivity contribution in [1.82, 2.24) is 9.97 Å². The minimum atomic E-state index is -0.450. The Hall–Kier alpha value is -1.69. The minimum Gasteiger partial charge on any atom is -0.360 e. The summed E-state index contributed by atoms with van der Waals surface area (Å²) >= 11 is 1.69. The van der Waals surface area contributed by atoms with Crippen LogP contribution in [0.2, 0.25) is 0 Å². The molecule has 2 aromatic heterocycles. The molecule has 0 aromatic carbocycles. The first kappa shape index (κ1) is 12.8. The molecule has 1 atom stereocenters. The zero-order valence-electron chi connectivity index (χ0n) is 10.5. The number of aryl methyl sites for hydroxylation is 1. The van der Waals surface area contributed by atoms with E-state index in [0.717, 1.165) is 11.1 Å². The van der Waals surface area contributed by atoms with Crippen molar-refractivity contribution in [2.45, 2.75) is 19.9 Å². The van der Waals surface area contributed by atoms with Gasteiger partial charge in [0.15, 0.2) is 11.6 Å². The fraction of sp³-hybridized carbons (Fsp3) is 0.333. The second-order valence-electron chi connectivity index (χ2n) is 3.95. The Bertz CT molecular complexity index is 541. The number of aromatic nitrogens is 2. The number of hydrogen-bond donors (Lipinski definition) is 2. The van der Waals surface area contributed by atoms with Crippen LogP contribution in [0.3, 0.4) is 0 Å². The van der Waals surface area contributed by atoms with Crippen molar-refractivity contribution in [2.75, 3.05) is 17.7 Å².